The van der Waals surface area contributed by atoms with Crippen LogP contribution in [-0.4, -0.2) is 13.2 Å². The molecule has 1 saturated heterocycles. The molecule has 62 valence electrons. The topological polar surface area (TPSA) is 33.0 Å². The van der Waals surface area contributed by atoms with E-state index in [1.54, 1.807) is 0 Å². The molecule has 2 atom stereocenters. The van der Waals surface area contributed by atoms with E-state index in [1.807, 2.05) is 6.92 Å². The highest BCUT2D eigenvalue weighted by Gasteiger charge is 2.18. The first-order valence-corrected chi connectivity index (χ1v) is 4.32. The Kier molecular flexibility index (Phi) is 3.38. The molecule has 2 heteroatoms. The van der Waals surface area contributed by atoms with Gasteiger partial charge in [-0.15, -0.1) is 0 Å². The van der Waals surface area contributed by atoms with Crippen molar-refractivity contribution in [2.24, 2.45) is 11.8 Å². The molecule has 0 aromatic rings. The molecule has 1 fully saturated rings. The summed E-state index contributed by atoms with van der Waals surface area (Å²) in [5.74, 6) is 0.635. The van der Waals surface area contributed by atoms with Gasteiger partial charge in [0.15, 0.2) is 0 Å². The fraction of sp³-hybridized carbons (Fsp3) is 0.889. The van der Waals surface area contributed by atoms with Crippen LogP contribution in [0, 0.1) is 23.2 Å². The van der Waals surface area contributed by atoms with Gasteiger partial charge in [-0.25, -0.2) is 0 Å². The Labute approximate surface area is 68.2 Å². The van der Waals surface area contributed by atoms with Crippen molar-refractivity contribution in [2.45, 2.75) is 26.2 Å². The number of hydrogen-bond acceptors (Lipinski definition) is 2. The third kappa shape index (κ3) is 2.51. The molecular weight excluding hydrogens is 138 g/mol. The van der Waals surface area contributed by atoms with Gasteiger partial charge < -0.3 is 4.74 Å². The summed E-state index contributed by atoms with van der Waals surface area (Å²) in [6.45, 7) is 3.66. The fourth-order valence-electron chi connectivity index (χ4n) is 1.43. The molecular formula is C9H15NO. The van der Waals surface area contributed by atoms with Gasteiger partial charge in [0.1, 0.15) is 0 Å². The van der Waals surface area contributed by atoms with Crippen molar-refractivity contribution in [3.63, 3.8) is 0 Å². The molecule has 0 amide bonds. The molecule has 0 aromatic heterocycles. The summed E-state index contributed by atoms with van der Waals surface area (Å²) >= 11 is 0. The van der Waals surface area contributed by atoms with Crippen molar-refractivity contribution in [2.75, 3.05) is 13.2 Å². The highest BCUT2D eigenvalue weighted by Crippen LogP contribution is 2.21. The average Bonchev–Trinajstić information content (AvgIpc) is 2.30. The van der Waals surface area contributed by atoms with Gasteiger partial charge in [-0.2, -0.15) is 5.26 Å². The van der Waals surface area contributed by atoms with Crippen LogP contribution in [0.2, 0.25) is 0 Å². The van der Waals surface area contributed by atoms with Crippen molar-refractivity contribution in [1.29, 1.82) is 5.26 Å². The lowest BCUT2D eigenvalue weighted by Gasteiger charge is -2.14. The number of rotatable bonds is 1. The van der Waals surface area contributed by atoms with Gasteiger partial charge in [-0.05, 0) is 25.7 Å². The quantitative estimate of drug-likeness (QED) is 0.577. The SMILES string of the molecule is CC(C#N)C1CCCCOC1. The molecule has 0 saturated carbocycles. The maximum Gasteiger partial charge on any atom is 0.0656 e. The Morgan fingerprint density at radius 3 is 3.09 bits per heavy atom. The van der Waals surface area contributed by atoms with E-state index in [-0.39, 0.29) is 5.92 Å². The van der Waals surface area contributed by atoms with E-state index < -0.39 is 0 Å². The molecule has 0 bridgehead atoms. The minimum atomic E-state index is 0.160. The maximum absolute atomic E-state index is 8.67. The first-order chi connectivity index (χ1) is 5.34. The van der Waals surface area contributed by atoms with Gasteiger partial charge in [0.05, 0.1) is 12.7 Å². The van der Waals surface area contributed by atoms with Crippen LogP contribution >= 0.6 is 0 Å². The molecule has 1 aliphatic heterocycles. The van der Waals surface area contributed by atoms with Crippen LogP contribution in [0.15, 0.2) is 0 Å². The molecule has 0 aromatic carbocycles. The lowest BCUT2D eigenvalue weighted by Crippen LogP contribution is -2.14. The highest BCUT2D eigenvalue weighted by molar-refractivity contribution is 4.85. The van der Waals surface area contributed by atoms with Crippen molar-refractivity contribution in [3.05, 3.63) is 0 Å². The van der Waals surface area contributed by atoms with Gasteiger partial charge in [-0.3, -0.25) is 0 Å². The van der Waals surface area contributed by atoms with Crippen LogP contribution in [0.5, 0.6) is 0 Å². The van der Waals surface area contributed by atoms with Crippen LogP contribution in [0.25, 0.3) is 0 Å². The zero-order valence-corrected chi connectivity index (χ0v) is 7.05. The second kappa shape index (κ2) is 4.35. The molecule has 0 aliphatic carbocycles. The molecule has 2 unspecified atom stereocenters. The van der Waals surface area contributed by atoms with Gasteiger partial charge >= 0.3 is 0 Å². The molecule has 1 heterocycles. The lowest BCUT2D eigenvalue weighted by atomic mass is 9.92. The summed E-state index contributed by atoms with van der Waals surface area (Å²) in [6.07, 6.45) is 3.54. The smallest absolute Gasteiger partial charge is 0.0656 e. The number of hydrogen-bond donors (Lipinski definition) is 0. The summed E-state index contributed by atoms with van der Waals surface area (Å²) in [4.78, 5) is 0. The van der Waals surface area contributed by atoms with Crippen molar-refractivity contribution >= 4 is 0 Å². The first-order valence-electron chi connectivity index (χ1n) is 4.32. The molecule has 0 spiro atoms. The van der Waals surface area contributed by atoms with Crippen LogP contribution in [-0.2, 0) is 4.74 Å². The zero-order valence-electron chi connectivity index (χ0n) is 7.05. The summed E-state index contributed by atoms with van der Waals surface area (Å²) in [6, 6.07) is 2.28. The van der Waals surface area contributed by atoms with Crippen molar-refractivity contribution < 1.29 is 4.74 Å². The molecule has 1 aliphatic rings. The Balaban J connectivity index is 2.37. The van der Waals surface area contributed by atoms with Crippen LogP contribution in [0.3, 0.4) is 0 Å². The Bertz CT molecular complexity index is 142. The molecule has 1 rings (SSSR count). The fourth-order valence-corrected chi connectivity index (χ4v) is 1.43. The third-order valence-electron chi connectivity index (χ3n) is 2.36. The van der Waals surface area contributed by atoms with E-state index >= 15 is 0 Å². The molecule has 11 heavy (non-hydrogen) atoms. The monoisotopic (exact) mass is 153 g/mol. The van der Waals surface area contributed by atoms with E-state index in [9.17, 15) is 0 Å². The van der Waals surface area contributed by atoms with Crippen LogP contribution in [0.4, 0.5) is 0 Å². The molecule has 0 N–H and O–H groups in total. The van der Waals surface area contributed by atoms with Gasteiger partial charge in [-0.1, -0.05) is 6.42 Å². The van der Waals surface area contributed by atoms with E-state index in [4.69, 9.17) is 10.00 Å². The standard InChI is InChI=1S/C9H15NO/c1-8(6-10)9-4-2-3-5-11-7-9/h8-9H,2-5,7H2,1H3. The van der Waals surface area contributed by atoms with Gasteiger partial charge in [0, 0.05) is 12.5 Å². The minimum Gasteiger partial charge on any atom is -0.381 e. The second-order valence-electron chi connectivity index (χ2n) is 3.25. The van der Waals surface area contributed by atoms with Crippen molar-refractivity contribution in [1.82, 2.24) is 0 Å². The highest BCUT2D eigenvalue weighted by atomic mass is 16.5. The van der Waals surface area contributed by atoms with E-state index in [1.165, 1.54) is 6.42 Å². The zero-order chi connectivity index (χ0) is 8.10. The molecule has 2 nitrogen and oxygen atoms in total. The average molecular weight is 153 g/mol. The largest absolute Gasteiger partial charge is 0.381 e. The minimum absolute atomic E-state index is 0.160. The van der Waals surface area contributed by atoms with Crippen LogP contribution < -0.4 is 0 Å². The van der Waals surface area contributed by atoms with E-state index in [2.05, 4.69) is 6.07 Å². The lowest BCUT2D eigenvalue weighted by molar-refractivity contribution is 0.105. The van der Waals surface area contributed by atoms with Crippen molar-refractivity contribution in [3.8, 4) is 6.07 Å². The summed E-state index contributed by atoms with van der Waals surface area (Å²) < 4.78 is 5.38. The summed E-state index contributed by atoms with van der Waals surface area (Å²) in [5.41, 5.74) is 0. The Morgan fingerprint density at radius 1 is 1.55 bits per heavy atom. The van der Waals surface area contributed by atoms with Gasteiger partial charge in [0.25, 0.3) is 0 Å². The second-order valence-corrected chi connectivity index (χ2v) is 3.25. The van der Waals surface area contributed by atoms with Gasteiger partial charge in [0.2, 0.25) is 0 Å². The van der Waals surface area contributed by atoms with E-state index in [0.717, 1.165) is 26.1 Å². The Morgan fingerprint density at radius 2 is 2.36 bits per heavy atom. The predicted molar refractivity (Wildman–Crippen MR) is 42.9 cm³/mol. The molecule has 0 radical (unpaired) electrons. The normalized spacial score (nSPS) is 28.5. The summed E-state index contributed by atoms with van der Waals surface area (Å²) in [7, 11) is 0. The van der Waals surface area contributed by atoms with E-state index in [0.29, 0.717) is 5.92 Å². The third-order valence-corrected chi connectivity index (χ3v) is 2.36. The summed E-state index contributed by atoms with van der Waals surface area (Å²) in [5, 5.41) is 8.67. The number of nitrogens with zero attached hydrogens (tertiary/aromatic N) is 1. The Hall–Kier alpha value is -0.550. The predicted octanol–water partition coefficient (Wildman–Crippen LogP) is 1.96. The maximum atomic E-state index is 8.67. The number of nitriles is 1. The van der Waals surface area contributed by atoms with Crippen LogP contribution in [0.1, 0.15) is 26.2 Å². The number of ether oxygens (including phenoxy) is 1. The first kappa shape index (κ1) is 8.55.